The van der Waals surface area contributed by atoms with E-state index >= 15 is 0 Å². The average Bonchev–Trinajstić information content (AvgIpc) is 2.84. The lowest BCUT2D eigenvalue weighted by atomic mass is 9.99. The van der Waals surface area contributed by atoms with Crippen LogP contribution in [0.3, 0.4) is 0 Å². The van der Waals surface area contributed by atoms with E-state index in [0.29, 0.717) is 12.6 Å². The van der Waals surface area contributed by atoms with E-state index in [1.165, 1.54) is 25.7 Å². The van der Waals surface area contributed by atoms with E-state index in [1.54, 1.807) is 0 Å². The van der Waals surface area contributed by atoms with Gasteiger partial charge in [-0.25, -0.2) is 0 Å². The summed E-state index contributed by atoms with van der Waals surface area (Å²) >= 11 is 3.36. The fourth-order valence-corrected chi connectivity index (χ4v) is 2.72. The first kappa shape index (κ1) is 13.6. The fraction of sp³-hybridized carbons (Fsp3) is 0.500. The molecule has 1 atom stereocenters. The molecule has 1 aliphatic carbocycles. The molecule has 1 saturated carbocycles. The Labute approximate surface area is 116 Å². The highest BCUT2D eigenvalue weighted by atomic mass is 79.9. The predicted octanol–water partition coefficient (Wildman–Crippen LogP) is 3.15. The molecule has 0 amide bonds. The minimum atomic E-state index is -0.761. The predicted molar refractivity (Wildman–Crippen MR) is 74.8 cm³/mol. The van der Waals surface area contributed by atoms with Gasteiger partial charge in [0.2, 0.25) is 0 Å². The molecule has 4 heteroatoms. The van der Waals surface area contributed by atoms with Crippen molar-refractivity contribution in [2.75, 3.05) is 6.54 Å². The maximum Gasteiger partial charge on any atom is 0.312 e. The molecule has 2 rings (SSSR count). The summed E-state index contributed by atoms with van der Waals surface area (Å²) in [6.45, 7) is 0.516. The van der Waals surface area contributed by atoms with Gasteiger partial charge >= 0.3 is 5.97 Å². The van der Waals surface area contributed by atoms with Crippen LogP contribution in [0.15, 0.2) is 28.7 Å². The second kappa shape index (κ2) is 6.34. The smallest absolute Gasteiger partial charge is 0.312 e. The first-order chi connectivity index (χ1) is 8.66. The Morgan fingerprint density at radius 1 is 1.33 bits per heavy atom. The molecular formula is C14H18BrNO2. The highest BCUT2D eigenvalue weighted by molar-refractivity contribution is 9.10. The van der Waals surface area contributed by atoms with Gasteiger partial charge in [0.25, 0.3) is 0 Å². The average molecular weight is 312 g/mol. The Balaban J connectivity index is 1.99. The molecule has 0 radical (unpaired) electrons. The van der Waals surface area contributed by atoms with Crippen molar-refractivity contribution >= 4 is 21.9 Å². The first-order valence-electron chi connectivity index (χ1n) is 6.38. The Kier molecular flexibility index (Phi) is 4.78. The molecule has 0 saturated heterocycles. The van der Waals surface area contributed by atoms with Gasteiger partial charge in [0.1, 0.15) is 0 Å². The van der Waals surface area contributed by atoms with E-state index in [9.17, 15) is 9.90 Å². The summed E-state index contributed by atoms with van der Waals surface area (Å²) < 4.78 is 0.971. The molecule has 18 heavy (non-hydrogen) atoms. The third-order valence-electron chi connectivity index (χ3n) is 3.54. The van der Waals surface area contributed by atoms with Crippen LogP contribution in [0.1, 0.15) is 37.2 Å². The number of carboxylic acid groups (broad SMARTS) is 1. The maximum absolute atomic E-state index is 11.3. The van der Waals surface area contributed by atoms with Gasteiger partial charge in [-0.1, -0.05) is 40.9 Å². The second-order valence-corrected chi connectivity index (χ2v) is 5.75. The number of hydrogen-bond acceptors (Lipinski definition) is 2. The van der Waals surface area contributed by atoms with Crippen molar-refractivity contribution in [2.24, 2.45) is 0 Å². The van der Waals surface area contributed by atoms with Gasteiger partial charge in [0.15, 0.2) is 0 Å². The number of aliphatic carboxylic acids is 1. The van der Waals surface area contributed by atoms with Crippen molar-refractivity contribution in [1.82, 2.24) is 5.32 Å². The molecule has 98 valence electrons. The Morgan fingerprint density at radius 2 is 1.94 bits per heavy atom. The molecular weight excluding hydrogens is 294 g/mol. The number of carbonyl (C=O) groups is 1. The van der Waals surface area contributed by atoms with Gasteiger partial charge in [-0.15, -0.1) is 0 Å². The largest absolute Gasteiger partial charge is 0.481 e. The van der Waals surface area contributed by atoms with Gasteiger partial charge in [-0.2, -0.15) is 0 Å². The van der Waals surface area contributed by atoms with Crippen LogP contribution in [0.4, 0.5) is 0 Å². The van der Waals surface area contributed by atoms with Gasteiger partial charge in [0, 0.05) is 17.1 Å². The summed E-state index contributed by atoms with van der Waals surface area (Å²) in [4.78, 5) is 11.3. The van der Waals surface area contributed by atoms with Crippen LogP contribution in [0.5, 0.6) is 0 Å². The number of nitrogens with one attached hydrogen (secondary N) is 1. The van der Waals surface area contributed by atoms with E-state index in [1.807, 2.05) is 24.3 Å². The maximum atomic E-state index is 11.3. The van der Waals surface area contributed by atoms with Crippen molar-refractivity contribution in [3.8, 4) is 0 Å². The number of benzene rings is 1. The molecule has 3 nitrogen and oxygen atoms in total. The zero-order valence-electron chi connectivity index (χ0n) is 10.2. The molecule has 0 heterocycles. The molecule has 0 bridgehead atoms. The summed E-state index contributed by atoms with van der Waals surface area (Å²) in [6.07, 6.45) is 4.86. The van der Waals surface area contributed by atoms with Crippen LogP contribution in [-0.4, -0.2) is 23.7 Å². The van der Waals surface area contributed by atoms with E-state index in [2.05, 4.69) is 21.2 Å². The van der Waals surface area contributed by atoms with Gasteiger partial charge < -0.3 is 10.4 Å². The summed E-state index contributed by atoms with van der Waals surface area (Å²) in [6, 6.07) is 8.03. The molecule has 0 aliphatic heterocycles. The van der Waals surface area contributed by atoms with Crippen molar-refractivity contribution in [2.45, 2.75) is 37.6 Å². The third kappa shape index (κ3) is 3.56. The minimum Gasteiger partial charge on any atom is -0.481 e. The summed E-state index contributed by atoms with van der Waals surface area (Å²) in [5.41, 5.74) is 0.858. The van der Waals surface area contributed by atoms with Crippen LogP contribution in [0.2, 0.25) is 0 Å². The zero-order chi connectivity index (χ0) is 13.0. The highest BCUT2D eigenvalue weighted by Gasteiger charge is 2.22. The molecule has 1 aliphatic rings. The monoisotopic (exact) mass is 311 g/mol. The Bertz CT molecular complexity index is 399. The van der Waals surface area contributed by atoms with E-state index in [4.69, 9.17) is 0 Å². The van der Waals surface area contributed by atoms with Crippen LogP contribution in [-0.2, 0) is 4.79 Å². The van der Waals surface area contributed by atoms with Crippen LogP contribution in [0.25, 0.3) is 0 Å². The van der Waals surface area contributed by atoms with E-state index in [0.717, 1.165) is 10.0 Å². The lowest BCUT2D eigenvalue weighted by Crippen LogP contribution is -2.33. The van der Waals surface area contributed by atoms with Gasteiger partial charge in [-0.05, 0) is 30.5 Å². The fourth-order valence-electron chi connectivity index (χ4n) is 2.46. The van der Waals surface area contributed by atoms with Crippen LogP contribution in [0, 0.1) is 0 Å². The first-order valence-corrected chi connectivity index (χ1v) is 7.18. The topological polar surface area (TPSA) is 49.3 Å². The Hall–Kier alpha value is -0.870. The van der Waals surface area contributed by atoms with Crippen LogP contribution >= 0.6 is 15.9 Å². The molecule has 1 fully saturated rings. The molecule has 0 spiro atoms. The lowest BCUT2D eigenvalue weighted by Gasteiger charge is -2.17. The zero-order valence-corrected chi connectivity index (χ0v) is 11.8. The van der Waals surface area contributed by atoms with E-state index < -0.39 is 11.9 Å². The van der Waals surface area contributed by atoms with Crippen molar-refractivity contribution in [3.63, 3.8) is 0 Å². The summed E-state index contributed by atoms with van der Waals surface area (Å²) in [5, 5.41) is 12.7. The van der Waals surface area contributed by atoms with Gasteiger partial charge in [0.05, 0.1) is 5.92 Å². The highest BCUT2D eigenvalue weighted by Crippen LogP contribution is 2.21. The molecule has 1 aromatic rings. The SMILES string of the molecule is O=C(O)C(CNC1CCCC1)c1ccc(Br)cc1. The van der Waals surface area contributed by atoms with Crippen molar-refractivity contribution < 1.29 is 9.90 Å². The molecule has 2 N–H and O–H groups in total. The second-order valence-electron chi connectivity index (χ2n) is 4.83. The van der Waals surface area contributed by atoms with E-state index in [-0.39, 0.29) is 0 Å². The van der Waals surface area contributed by atoms with Crippen LogP contribution < -0.4 is 5.32 Å². The minimum absolute atomic E-state index is 0.460. The number of halogens is 1. The summed E-state index contributed by atoms with van der Waals surface area (Å²) in [5.74, 6) is -1.22. The normalized spacial score (nSPS) is 17.8. The van der Waals surface area contributed by atoms with Crippen molar-refractivity contribution in [1.29, 1.82) is 0 Å². The number of rotatable bonds is 5. The quantitative estimate of drug-likeness (QED) is 0.878. The third-order valence-corrected chi connectivity index (χ3v) is 4.06. The lowest BCUT2D eigenvalue weighted by molar-refractivity contribution is -0.138. The van der Waals surface area contributed by atoms with Crippen molar-refractivity contribution in [3.05, 3.63) is 34.3 Å². The standard InChI is InChI=1S/C14H18BrNO2/c15-11-7-5-10(6-8-11)13(14(17)18)9-16-12-3-1-2-4-12/h5-8,12-13,16H,1-4,9H2,(H,17,18). The molecule has 0 aromatic heterocycles. The van der Waals surface area contributed by atoms with Gasteiger partial charge in [-0.3, -0.25) is 4.79 Å². The molecule has 1 aromatic carbocycles. The Morgan fingerprint density at radius 3 is 2.50 bits per heavy atom. The number of carboxylic acids is 1. The number of hydrogen-bond donors (Lipinski definition) is 2. The molecule has 1 unspecified atom stereocenters. The summed E-state index contributed by atoms with van der Waals surface area (Å²) in [7, 11) is 0.